The van der Waals surface area contributed by atoms with E-state index >= 15 is 0 Å². The highest BCUT2D eigenvalue weighted by Gasteiger charge is 2.51. The summed E-state index contributed by atoms with van der Waals surface area (Å²) in [7, 11) is 0. The number of carbonyl (C=O) groups is 2. The Balaban J connectivity index is 1.29. The highest BCUT2D eigenvalue weighted by molar-refractivity contribution is 6.02. The van der Waals surface area contributed by atoms with Crippen LogP contribution in [0.3, 0.4) is 0 Å². The van der Waals surface area contributed by atoms with Gasteiger partial charge in [0.15, 0.2) is 12.3 Å². The minimum Gasteiger partial charge on any atom is -0.451 e. The number of hydrogen-bond acceptors (Lipinski definition) is 5. The highest BCUT2D eigenvalue weighted by Crippen LogP contribution is 2.55. The number of amides is 1. The quantitative estimate of drug-likeness (QED) is 0.649. The number of fused-ring (bicyclic) bond motifs is 1. The van der Waals surface area contributed by atoms with E-state index in [1.54, 1.807) is 24.3 Å². The fourth-order valence-electron chi connectivity index (χ4n) is 6.71. The highest BCUT2D eigenvalue weighted by atomic mass is 16.5. The molecule has 1 aromatic carbocycles. The zero-order valence-electron chi connectivity index (χ0n) is 19.5. The molecule has 33 heavy (non-hydrogen) atoms. The van der Waals surface area contributed by atoms with Crippen molar-refractivity contribution in [2.24, 2.45) is 23.7 Å². The van der Waals surface area contributed by atoms with Gasteiger partial charge in [0.2, 0.25) is 0 Å². The van der Waals surface area contributed by atoms with Crippen LogP contribution in [-0.4, -0.2) is 33.8 Å². The van der Waals surface area contributed by atoms with Crippen molar-refractivity contribution in [2.45, 2.75) is 70.9 Å². The monoisotopic (exact) mass is 451 g/mol. The van der Waals surface area contributed by atoms with Gasteiger partial charge in [-0.25, -0.2) is 9.48 Å². The second-order valence-corrected chi connectivity index (χ2v) is 10.9. The maximum absolute atomic E-state index is 12.9. The number of benzene rings is 1. The second kappa shape index (κ2) is 8.58. The molecule has 1 aromatic heterocycles. The van der Waals surface area contributed by atoms with Crippen LogP contribution in [0.25, 0.3) is 10.8 Å². The first kappa shape index (κ1) is 22.1. The molecule has 4 saturated carbocycles. The van der Waals surface area contributed by atoms with E-state index in [2.05, 4.69) is 24.3 Å². The number of carbonyl (C=O) groups excluding carboxylic acids is 2. The number of aryl methyl sites for hydroxylation is 1. The van der Waals surface area contributed by atoms with Crippen LogP contribution >= 0.6 is 0 Å². The molecule has 176 valence electrons. The van der Waals surface area contributed by atoms with Crippen LogP contribution in [0.4, 0.5) is 0 Å². The fraction of sp³-hybridized carbons (Fsp3) is 0.615. The van der Waals surface area contributed by atoms with Crippen molar-refractivity contribution in [1.29, 1.82) is 0 Å². The van der Waals surface area contributed by atoms with Gasteiger partial charge in [-0.05, 0) is 74.7 Å². The molecule has 0 spiro atoms. The largest absolute Gasteiger partial charge is 0.451 e. The maximum atomic E-state index is 12.9. The molecule has 1 heterocycles. The molecular formula is C26H33N3O4. The lowest BCUT2D eigenvalue weighted by atomic mass is 9.53. The van der Waals surface area contributed by atoms with Gasteiger partial charge in [-0.2, -0.15) is 5.10 Å². The first-order valence-electron chi connectivity index (χ1n) is 12.3. The summed E-state index contributed by atoms with van der Waals surface area (Å²) in [4.78, 5) is 38.5. The molecule has 1 N–H and O–H groups in total. The molecule has 1 amide bonds. The fourth-order valence-corrected chi connectivity index (χ4v) is 6.71. The average molecular weight is 452 g/mol. The summed E-state index contributed by atoms with van der Waals surface area (Å²) in [6.45, 7) is 4.24. The summed E-state index contributed by atoms with van der Waals surface area (Å²) in [5, 5.41) is 8.44. The molecule has 0 saturated heterocycles. The van der Waals surface area contributed by atoms with Gasteiger partial charge in [-0.3, -0.25) is 9.59 Å². The first-order chi connectivity index (χ1) is 15.8. The lowest BCUT2D eigenvalue weighted by molar-refractivity contribution is -0.130. The minimum atomic E-state index is -0.676. The molecule has 2 aromatic rings. The molecule has 0 atom stereocenters. The standard InChI is InChI=1S/C26H33N3O4/c1-16(2)7-8-29-24(31)21-6-4-3-5-20(21)23(28-29)25(32)33-15-22(30)27-26-12-17-9-18(13-26)11-19(10-17)14-26/h3-6,16-19H,7-15H2,1-2H3,(H,27,30). The van der Waals surface area contributed by atoms with Crippen LogP contribution < -0.4 is 10.9 Å². The summed E-state index contributed by atoms with van der Waals surface area (Å²) in [6.07, 6.45) is 7.82. The Bertz CT molecular complexity index is 1100. The summed E-state index contributed by atoms with van der Waals surface area (Å²) >= 11 is 0. The van der Waals surface area contributed by atoms with Crippen LogP contribution in [0.15, 0.2) is 29.1 Å². The number of nitrogens with one attached hydrogen (secondary N) is 1. The van der Waals surface area contributed by atoms with Crippen molar-refractivity contribution in [1.82, 2.24) is 15.1 Å². The van der Waals surface area contributed by atoms with Gasteiger partial charge < -0.3 is 10.1 Å². The van der Waals surface area contributed by atoms with Crippen molar-refractivity contribution in [3.05, 3.63) is 40.3 Å². The van der Waals surface area contributed by atoms with Crippen LogP contribution in [0.2, 0.25) is 0 Å². The molecule has 7 heteroatoms. The van der Waals surface area contributed by atoms with Gasteiger partial charge in [0.1, 0.15) is 0 Å². The zero-order valence-corrected chi connectivity index (χ0v) is 19.5. The van der Waals surface area contributed by atoms with Crippen molar-refractivity contribution < 1.29 is 14.3 Å². The van der Waals surface area contributed by atoms with Crippen LogP contribution in [0.5, 0.6) is 0 Å². The van der Waals surface area contributed by atoms with Crippen molar-refractivity contribution in [3.63, 3.8) is 0 Å². The summed E-state index contributed by atoms with van der Waals surface area (Å²) in [5.74, 6) is 1.64. The average Bonchev–Trinajstić information content (AvgIpc) is 2.76. The van der Waals surface area contributed by atoms with Gasteiger partial charge in [0, 0.05) is 17.5 Å². The SMILES string of the molecule is CC(C)CCn1nc(C(=O)OCC(=O)NC23CC4CC(CC(C4)C2)C3)c2ccccc2c1=O. The van der Waals surface area contributed by atoms with E-state index in [-0.39, 0.29) is 29.3 Å². The Hall–Kier alpha value is -2.70. The topological polar surface area (TPSA) is 90.3 Å². The number of hydrogen-bond donors (Lipinski definition) is 1. The van der Waals surface area contributed by atoms with Gasteiger partial charge in [0.05, 0.1) is 5.39 Å². The third-order valence-corrected chi connectivity index (χ3v) is 7.76. The molecule has 0 aliphatic heterocycles. The Labute approximate surface area is 193 Å². The van der Waals surface area contributed by atoms with Crippen molar-refractivity contribution in [3.8, 4) is 0 Å². The molecule has 4 fully saturated rings. The van der Waals surface area contributed by atoms with Gasteiger partial charge in [-0.1, -0.05) is 32.0 Å². The Morgan fingerprint density at radius 1 is 1.09 bits per heavy atom. The maximum Gasteiger partial charge on any atom is 0.359 e. The van der Waals surface area contributed by atoms with E-state index in [9.17, 15) is 14.4 Å². The normalized spacial score (nSPS) is 27.8. The first-order valence-corrected chi connectivity index (χ1v) is 12.3. The van der Waals surface area contributed by atoms with Gasteiger partial charge in [0.25, 0.3) is 11.5 Å². The minimum absolute atomic E-state index is 0.0801. The second-order valence-electron chi connectivity index (χ2n) is 10.9. The van der Waals surface area contributed by atoms with Crippen molar-refractivity contribution in [2.75, 3.05) is 6.61 Å². The van der Waals surface area contributed by atoms with Crippen LogP contribution in [0, 0.1) is 23.7 Å². The lowest BCUT2D eigenvalue weighted by Crippen LogP contribution is -2.60. The molecule has 4 bridgehead atoms. The van der Waals surface area contributed by atoms with E-state index < -0.39 is 5.97 Å². The third-order valence-electron chi connectivity index (χ3n) is 7.76. The molecule has 4 aliphatic carbocycles. The summed E-state index contributed by atoms with van der Waals surface area (Å²) in [6, 6.07) is 6.92. The molecule has 6 rings (SSSR count). The predicted molar refractivity (Wildman–Crippen MR) is 125 cm³/mol. The molecule has 4 aliphatic rings. The lowest BCUT2D eigenvalue weighted by Gasteiger charge is -2.56. The third kappa shape index (κ3) is 4.42. The smallest absolute Gasteiger partial charge is 0.359 e. The number of esters is 1. The van der Waals surface area contributed by atoms with Gasteiger partial charge >= 0.3 is 5.97 Å². The number of ether oxygens (including phenoxy) is 1. The van der Waals surface area contributed by atoms with Crippen LogP contribution in [0.1, 0.15) is 69.3 Å². The molecular weight excluding hydrogens is 418 g/mol. The van der Waals surface area contributed by atoms with E-state index in [0.717, 1.165) is 43.4 Å². The summed E-state index contributed by atoms with van der Waals surface area (Å²) < 4.78 is 6.75. The van der Waals surface area contributed by atoms with Gasteiger partial charge in [-0.15, -0.1) is 0 Å². The Morgan fingerprint density at radius 3 is 2.30 bits per heavy atom. The van der Waals surface area contributed by atoms with E-state index in [0.29, 0.717) is 23.2 Å². The number of rotatable bonds is 7. The van der Waals surface area contributed by atoms with Crippen molar-refractivity contribution >= 4 is 22.6 Å². The van der Waals surface area contributed by atoms with E-state index in [1.807, 2.05) is 0 Å². The Kier molecular flexibility index (Phi) is 5.75. The van der Waals surface area contributed by atoms with E-state index in [1.165, 1.54) is 23.9 Å². The predicted octanol–water partition coefficient (Wildman–Crippen LogP) is 3.68. The van der Waals surface area contributed by atoms with E-state index in [4.69, 9.17) is 4.74 Å². The molecule has 0 radical (unpaired) electrons. The number of nitrogens with zero attached hydrogens (tertiary/aromatic N) is 2. The number of aromatic nitrogens is 2. The molecule has 7 nitrogen and oxygen atoms in total. The molecule has 0 unspecified atom stereocenters. The van der Waals surface area contributed by atoms with Crippen LogP contribution in [-0.2, 0) is 16.1 Å². The Morgan fingerprint density at radius 2 is 1.70 bits per heavy atom. The summed E-state index contributed by atoms with van der Waals surface area (Å²) in [5.41, 5.74) is -0.258. The zero-order chi connectivity index (χ0) is 23.2.